The van der Waals surface area contributed by atoms with E-state index in [2.05, 4.69) is 0 Å². The van der Waals surface area contributed by atoms with Crippen LogP contribution in [-0.2, 0) is 10.1 Å². The van der Waals surface area contributed by atoms with Crippen molar-refractivity contribution in [3.63, 3.8) is 0 Å². The minimum atomic E-state index is -3.75. The molecule has 0 amide bonds. The molecule has 3 nitrogen and oxygen atoms in total. The maximum Gasteiger partial charge on any atom is 0.264 e. The first-order valence-corrected chi connectivity index (χ1v) is 8.60. The first-order chi connectivity index (χ1) is 8.04. The summed E-state index contributed by atoms with van der Waals surface area (Å²) in [5.41, 5.74) is 0. The molecule has 0 aromatic carbocycles. The van der Waals surface area contributed by atoms with E-state index in [1.807, 2.05) is 0 Å². The van der Waals surface area contributed by atoms with Crippen LogP contribution >= 0.6 is 0 Å². The summed E-state index contributed by atoms with van der Waals surface area (Å²) in [5.74, 6) is 2.52. The van der Waals surface area contributed by atoms with Gasteiger partial charge in [-0.3, -0.25) is 4.55 Å². The van der Waals surface area contributed by atoms with Gasteiger partial charge in [0.15, 0.2) is 0 Å². The van der Waals surface area contributed by atoms with E-state index in [0.717, 1.165) is 18.3 Å². The molecular weight excluding hydrogens is 236 g/mol. The van der Waals surface area contributed by atoms with E-state index in [1.165, 1.54) is 44.9 Å². The number of rotatable bonds is 4. The third kappa shape index (κ3) is 4.25. The lowest BCUT2D eigenvalue weighted by molar-refractivity contribution is 0.125. The zero-order chi connectivity index (χ0) is 12.3. The molecule has 2 aliphatic carbocycles. The Balaban J connectivity index is 1.72. The maximum absolute atomic E-state index is 10.7. The van der Waals surface area contributed by atoms with E-state index in [4.69, 9.17) is 4.55 Å². The Morgan fingerprint density at radius 1 is 1.00 bits per heavy atom. The second-order valence-corrected chi connectivity index (χ2v) is 7.48. The fourth-order valence-corrected chi connectivity index (χ4v) is 4.32. The van der Waals surface area contributed by atoms with Crippen molar-refractivity contribution in [1.82, 2.24) is 0 Å². The molecule has 0 radical (unpaired) electrons. The van der Waals surface area contributed by atoms with Crippen molar-refractivity contribution >= 4 is 10.1 Å². The Kier molecular flexibility index (Phi) is 4.47. The highest BCUT2D eigenvalue weighted by Gasteiger charge is 2.31. The quantitative estimate of drug-likeness (QED) is 0.789. The van der Waals surface area contributed by atoms with Crippen LogP contribution in [0.4, 0.5) is 0 Å². The molecule has 0 bridgehead atoms. The molecule has 0 aromatic heterocycles. The predicted molar refractivity (Wildman–Crippen MR) is 68.4 cm³/mol. The van der Waals surface area contributed by atoms with Gasteiger partial charge in [0.1, 0.15) is 0 Å². The maximum atomic E-state index is 10.7. The first-order valence-electron chi connectivity index (χ1n) is 7.00. The highest BCUT2D eigenvalue weighted by molar-refractivity contribution is 7.85. The Hall–Kier alpha value is -0.0900. The summed E-state index contributed by atoms with van der Waals surface area (Å²) < 4.78 is 30.0. The minimum absolute atomic E-state index is 0.0579. The van der Waals surface area contributed by atoms with E-state index in [-0.39, 0.29) is 5.75 Å². The topological polar surface area (TPSA) is 54.4 Å². The zero-order valence-corrected chi connectivity index (χ0v) is 11.3. The average Bonchev–Trinajstić information content (AvgIpc) is 2.27. The van der Waals surface area contributed by atoms with Gasteiger partial charge in [-0.15, -0.1) is 0 Å². The highest BCUT2D eigenvalue weighted by atomic mass is 32.2. The number of hydrogen-bond acceptors (Lipinski definition) is 2. The second kappa shape index (κ2) is 5.70. The van der Waals surface area contributed by atoms with Gasteiger partial charge in [-0.2, -0.15) is 8.42 Å². The van der Waals surface area contributed by atoms with E-state index in [9.17, 15) is 8.42 Å². The van der Waals surface area contributed by atoms with E-state index in [0.29, 0.717) is 12.3 Å². The smallest absolute Gasteiger partial charge is 0.264 e. The molecule has 2 fully saturated rings. The standard InChI is InChI=1S/C13H24O3S/c14-17(15,16)9-3-4-11-7-8-12-5-1-2-6-13(12)10-11/h11-13H,1-10H2,(H,14,15,16). The summed E-state index contributed by atoms with van der Waals surface area (Å²) >= 11 is 0. The monoisotopic (exact) mass is 260 g/mol. The second-order valence-electron chi connectivity index (χ2n) is 5.91. The average molecular weight is 260 g/mol. The van der Waals surface area contributed by atoms with Crippen molar-refractivity contribution < 1.29 is 13.0 Å². The molecule has 17 heavy (non-hydrogen) atoms. The van der Waals surface area contributed by atoms with Gasteiger partial charge in [-0.25, -0.2) is 0 Å². The summed E-state index contributed by atoms with van der Waals surface area (Å²) in [7, 11) is -3.75. The van der Waals surface area contributed by atoms with Crippen LogP contribution in [0.15, 0.2) is 0 Å². The fraction of sp³-hybridized carbons (Fsp3) is 1.00. The van der Waals surface area contributed by atoms with Crippen LogP contribution < -0.4 is 0 Å². The molecule has 4 heteroatoms. The van der Waals surface area contributed by atoms with Crippen molar-refractivity contribution in [1.29, 1.82) is 0 Å². The van der Waals surface area contributed by atoms with Crippen LogP contribution in [0.5, 0.6) is 0 Å². The Morgan fingerprint density at radius 3 is 2.41 bits per heavy atom. The first kappa shape index (κ1) is 13.3. The molecule has 0 heterocycles. The van der Waals surface area contributed by atoms with Gasteiger partial charge < -0.3 is 0 Å². The Labute approximate surface area is 105 Å². The molecule has 0 saturated heterocycles. The molecule has 0 aromatic rings. The summed E-state index contributed by atoms with van der Waals surface area (Å²) in [6.45, 7) is 0. The Bertz CT molecular complexity index is 337. The lowest BCUT2D eigenvalue weighted by atomic mass is 9.67. The van der Waals surface area contributed by atoms with Crippen LogP contribution in [0.25, 0.3) is 0 Å². The molecule has 3 atom stereocenters. The highest BCUT2D eigenvalue weighted by Crippen LogP contribution is 2.43. The molecule has 1 N–H and O–H groups in total. The van der Waals surface area contributed by atoms with E-state index < -0.39 is 10.1 Å². The van der Waals surface area contributed by atoms with E-state index >= 15 is 0 Å². The zero-order valence-electron chi connectivity index (χ0n) is 10.5. The van der Waals surface area contributed by atoms with Crippen molar-refractivity contribution in [2.45, 2.75) is 57.8 Å². The third-order valence-corrected chi connectivity index (χ3v) is 5.47. The van der Waals surface area contributed by atoms with Crippen LogP contribution in [0.1, 0.15) is 57.8 Å². The van der Waals surface area contributed by atoms with Crippen LogP contribution in [0.3, 0.4) is 0 Å². The van der Waals surface area contributed by atoms with Gasteiger partial charge in [0.05, 0.1) is 5.75 Å². The number of hydrogen-bond donors (Lipinski definition) is 1. The SMILES string of the molecule is O=S(=O)(O)CCCC1CCC2CCCCC2C1. The van der Waals surface area contributed by atoms with Crippen LogP contribution in [0.2, 0.25) is 0 Å². The lowest BCUT2D eigenvalue weighted by Crippen LogP contribution is -2.27. The summed E-state index contributed by atoms with van der Waals surface area (Å²) in [4.78, 5) is 0. The number of fused-ring (bicyclic) bond motifs is 1. The molecule has 0 aliphatic heterocycles. The van der Waals surface area contributed by atoms with Gasteiger partial charge in [0.2, 0.25) is 0 Å². The molecule has 2 rings (SSSR count). The molecule has 2 saturated carbocycles. The molecule has 3 unspecified atom stereocenters. The summed E-state index contributed by atoms with van der Waals surface area (Å²) in [6, 6.07) is 0. The minimum Gasteiger partial charge on any atom is -0.286 e. The molecule has 2 aliphatic rings. The van der Waals surface area contributed by atoms with Crippen molar-refractivity contribution in [2.75, 3.05) is 5.75 Å². The lowest BCUT2D eigenvalue weighted by Gasteiger charge is -2.39. The van der Waals surface area contributed by atoms with Crippen molar-refractivity contribution in [3.05, 3.63) is 0 Å². The van der Waals surface area contributed by atoms with Gasteiger partial charge in [0, 0.05) is 0 Å². The van der Waals surface area contributed by atoms with Crippen LogP contribution in [-0.4, -0.2) is 18.7 Å². The van der Waals surface area contributed by atoms with Crippen LogP contribution in [0, 0.1) is 17.8 Å². The van der Waals surface area contributed by atoms with E-state index in [1.54, 1.807) is 0 Å². The molecular formula is C13H24O3S. The summed E-state index contributed by atoms with van der Waals surface area (Å²) in [6.07, 6.45) is 11.1. The van der Waals surface area contributed by atoms with Crippen molar-refractivity contribution in [3.8, 4) is 0 Å². The largest absolute Gasteiger partial charge is 0.286 e. The van der Waals surface area contributed by atoms with Gasteiger partial charge >= 0.3 is 0 Å². The van der Waals surface area contributed by atoms with Gasteiger partial charge in [-0.05, 0) is 43.4 Å². The molecule has 0 spiro atoms. The van der Waals surface area contributed by atoms with Gasteiger partial charge in [0.25, 0.3) is 10.1 Å². The fourth-order valence-electron chi connectivity index (χ4n) is 3.79. The normalized spacial score (nSPS) is 34.3. The third-order valence-electron chi connectivity index (χ3n) is 4.66. The Morgan fingerprint density at radius 2 is 1.71 bits per heavy atom. The summed E-state index contributed by atoms with van der Waals surface area (Å²) in [5, 5.41) is 0. The predicted octanol–water partition coefficient (Wildman–Crippen LogP) is 3.26. The molecule has 100 valence electrons. The van der Waals surface area contributed by atoms with Crippen molar-refractivity contribution in [2.24, 2.45) is 17.8 Å². The van der Waals surface area contributed by atoms with Gasteiger partial charge in [-0.1, -0.05) is 32.1 Å².